The first-order valence-electron chi connectivity index (χ1n) is 9.95. The quantitative estimate of drug-likeness (QED) is 0.622. The minimum atomic E-state index is -0.0928. The molecule has 1 nitrogen and oxygen atoms in total. The van der Waals surface area contributed by atoms with Crippen LogP contribution in [-0.4, -0.2) is 5.11 Å². The summed E-state index contributed by atoms with van der Waals surface area (Å²) in [7, 11) is 0. The first-order valence-corrected chi connectivity index (χ1v) is 9.95. The van der Waals surface area contributed by atoms with Gasteiger partial charge in [0.1, 0.15) is 5.75 Å². The summed E-state index contributed by atoms with van der Waals surface area (Å²) in [6.45, 7) is 17.5. The molecule has 1 N–H and O–H groups in total. The summed E-state index contributed by atoms with van der Waals surface area (Å²) in [6, 6.07) is 13.5. The zero-order chi connectivity index (χ0) is 19.7. The maximum atomic E-state index is 11.0. The van der Waals surface area contributed by atoms with Crippen molar-refractivity contribution in [2.45, 2.75) is 85.0 Å². The van der Waals surface area contributed by atoms with E-state index in [9.17, 15) is 5.11 Å². The van der Waals surface area contributed by atoms with Gasteiger partial charge in [0.05, 0.1) is 0 Å². The van der Waals surface area contributed by atoms with E-state index < -0.39 is 0 Å². The Balaban J connectivity index is 2.65. The van der Waals surface area contributed by atoms with Gasteiger partial charge in [0.2, 0.25) is 0 Å². The molecule has 0 aliphatic heterocycles. The van der Waals surface area contributed by atoms with Gasteiger partial charge >= 0.3 is 0 Å². The van der Waals surface area contributed by atoms with Crippen molar-refractivity contribution in [3.05, 3.63) is 64.2 Å². The van der Waals surface area contributed by atoms with E-state index in [1.54, 1.807) is 0 Å². The normalized spacial score (nSPS) is 13.7. The van der Waals surface area contributed by atoms with Crippen LogP contribution in [0, 0.1) is 0 Å². The van der Waals surface area contributed by atoms with Crippen LogP contribution in [0.25, 0.3) is 0 Å². The number of rotatable bonds is 4. The van der Waals surface area contributed by atoms with Crippen LogP contribution in [-0.2, 0) is 17.3 Å². The van der Waals surface area contributed by atoms with Crippen LogP contribution >= 0.6 is 0 Å². The minimum absolute atomic E-state index is 0.0928. The zero-order valence-electron chi connectivity index (χ0n) is 17.9. The topological polar surface area (TPSA) is 20.2 Å². The highest BCUT2D eigenvalue weighted by molar-refractivity contribution is 5.52. The van der Waals surface area contributed by atoms with E-state index in [0.29, 0.717) is 11.7 Å². The van der Waals surface area contributed by atoms with E-state index in [1.807, 2.05) is 0 Å². The molecule has 1 heteroatoms. The van der Waals surface area contributed by atoms with Gasteiger partial charge in [-0.05, 0) is 51.5 Å². The van der Waals surface area contributed by atoms with Crippen molar-refractivity contribution in [3.8, 4) is 5.75 Å². The summed E-state index contributed by atoms with van der Waals surface area (Å²) in [6.07, 6.45) is 2.11. The van der Waals surface area contributed by atoms with Crippen molar-refractivity contribution >= 4 is 0 Å². The molecule has 0 aromatic heterocycles. The van der Waals surface area contributed by atoms with E-state index in [4.69, 9.17) is 0 Å². The van der Waals surface area contributed by atoms with Gasteiger partial charge in [-0.1, -0.05) is 91.8 Å². The van der Waals surface area contributed by atoms with Crippen molar-refractivity contribution < 1.29 is 5.11 Å². The molecule has 2 rings (SSSR count). The number of benzene rings is 2. The summed E-state index contributed by atoms with van der Waals surface area (Å²) in [5, 5.41) is 11.0. The van der Waals surface area contributed by atoms with E-state index in [1.165, 1.54) is 16.7 Å². The lowest BCUT2D eigenvalue weighted by atomic mass is 9.76. The van der Waals surface area contributed by atoms with Crippen LogP contribution in [0.5, 0.6) is 5.75 Å². The molecule has 142 valence electrons. The fraction of sp³-hybridized carbons (Fsp3) is 0.520. The summed E-state index contributed by atoms with van der Waals surface area (Å²) in [5.74, 6) is 0.814. The van der Waals surface area contributed by atoms with Crippen LogP contribution in [0.1, 0.15) is 95.5 Å². The Labute approximate surface area is 160 Å². The number of hydrogen-bond donors (Lipinski definition) is 1. The number of phenols is 1. The second-order valence-corrected chi connectivity index (χ2v) is 9.52. The average Bonchev–Trinajstić information content (AvgIpc) is 2.55. The number of phenolic OH excluding ortho intramolecular Hbond substituents is 1. The van der Waals surface area contributed by atoms with Gasteiger partial charge in [0.15, 0.2) is 0 Å². The van der Waals surface area contributed by atoms with Crippen molar-refractivity contribution in [1.82, 2.24) is 0 Å². The first-order chi connectivity index (χ1) is 12.0. The van der Waals surface area contributed by atoms with Crippen LogP contribution < -0.4 is 0 Å². The van der Waals surface area contributed by atoms with Gasteiger partial charge in [-0.2, -0.15) is 0 Å². The maximum absolute atomic E-state index is 11.0. The van der Waals surface area contributed by atoms with E-state index in [0.717, 1.165) is 24.0 Å². The molecule has 2 aromatic carbocycles. The molecule has 0 aliphatic carbocycles. The molecule has 0 spiro atoms. The Morgan fingerprint density at radius 2 is 1.23 bits per heavy atom. The van der Waals surface area contributed by atoms with Gasteiger partial charge in [0, 0.05) is 5.92 Å². The summed E-state index contributed by atoms with van der Waals surface area (Å²) >= 11 is 0. The van der Waals surface area contributed by atoms with Crippen LogP contribution in [0.2, 0.25) is 0 Å². The largest absolute Gasteiger partial charge is 0.507 e. The summed E-state index contributed by atoms with van der Waals surface area (Å²) < 4.78 is 0. The van der Waals surface area contributed by atoms with Crippen molar-refractivity contribution in [2.75, 3.05) is 0 Å². The van der Waals surface area contributed by atoms with Crippen LogP contribution in [0.4, 0.5) is 0 Å². The third-order valence-corrected chi connectivity index (χ3v) is 5.35. The summed E-state index contributed by atoms with van der Waals surface area (Å²) in [5.41, 5.74) is 5.95. The molecule has 26 heavy (non-hydrogen) atoms. The Kier molecular flexibility index (Phi) is 5.90. The lowest BCUT2D eigenvalue weighted by molar-refractivity contribution is 0.422. The molecule has 0 heterocycles. The highest BCUT2D eigenvalue weighted by Gasteiger charge is 2.28. The minimum Gasteiger partial charge on any atom is -0.507 e. The van der Waals surface area contributed by atoms with Gasteiger partial charge < -0.3 is 5.11 Å². The van der Waals surface area contributed by atoms with Crippen molar-refractivity contribution in [2.24, 2.45) is 0 Å². The molecule has 0 amide bonds. The molecule has 0 aliphatic rings. The van der Waals surface area contributed by atoms with E-state index >= 15 is 0 Å². The van der Waals surface area contributed by atoms with Crippen LogP contribution in [0.15, 0.2) is 36.4 Å². The van der Waals surface area contributed by atoms with Gasteiger partial charge in [-0.3, -0.25) is 0 Å². The Morgan fingerprint density at radius 1 is 0.769 bits per heavy atom. The fourth-order valence-electron chi connectivity index (χ4n) is 3.65. The molecule has 0 saturated heterocycles. The van der Waals surface area contributed by atoms with Gasteiger partial charge in [-0.15, -0.1) is 0 Å². The second kappa shape index (κ2) is 7.47. The standard InChI is InChI=1S/C25H36O/c1-9-17-11-13-18(14-12-17)20(10-2)19-15-21(24(3,4)5)23(26)22(16-19)25(6,7)8/h11-16,20,26H,9-10H2,1-8H3. The molecular weight excluding hydrogens is 316 g/mol. The van der Waals surface area contributed by atoms with Gasteiger partial charge in [-0.25, -0.2) is 0 Å². The molecule has 0 fully saturated rings. The third kappa shape index (κ3) is 4.31. The highest BCUT2D eigenvalue weighted by atomic mass is 16.3. The molecule has 0 saturated carbocycles. The average molecular weight is 353 g/mol. The number of aryl methyl sites for hydroxylation is 1. The first kappa shape index (κ1) is 20.6. The van der Waals surface area contributed by atoms with Crippen molar-refractivity contribution in [1.29, 1.82) is 0 Å². The second-order valence-electron chi connectivity index (χ2n) is 9.52. The van der Waals surface area contributed by atoms with E-state index in [2.05, 4.69) is 91.8 Å². The lowest BCUT2D eigenvalue weighted by Gasteiger charge is -2.30. The Bertz CT molecular complexity index is 704. The van der Waals surface area contributed by atoms with Gasteiger partial charge in [0.25, 0.3) is 0 Å². The SMILES string of the molecule is CCc1ccc(C(CC)c2cc(C(C)(C)C)c(O)c(C(C)(C)C)c2)cc1. The smallest absolute Gasteiger partial charge is 0.123 e. The van der Waals surface area contributed by atoms with Crippen LogP contribution in [0.3, 0.4) is 0 Å². The van der Waals surface area contributed by atoms with E-state index in [-0.39, 0.29) is 10.8 Å². The Hall–Kier alpha value is -1.76. The summed E-state index contributed by atoms with van der Waals surface area (Å²) in [4.78, 5) is 0. The predicted molar refractivity (Wildman–Crippen MR) is 113 cm³/mol. The number of aromatic hydroxyl groups is 1. The Morgan fingerprint density at radius 3 is 1.58 bits per heavy atom. The molecule has 0 radical (unpaired) electrons. The monoisotopic (exact) mass is 352 g/mol. The lowest BCUT2D eigenvalue weighted by Crippen LogP contribution is -2.18. The molecule has 1 unspecified atom stereocenters. The zero-order valence-corrected chi connectivity index (χ0v) is 17.9. The predicted octanol–water partition coefficient (Wildman–Crippen LogP) is 7.09. The maximum Gasteiger partial charge on any atom is 0.123 e. The number of hydrogen-bond acceptors (Lipinski definition) is 1. The third-order valence-electron chi connectivity index (χ3n) is 5.35. The van der Waals surface area contributed by atoms with Crippen molar-refractivity contribution in [3.63, 3.8) is 0 Å². The molecule has 2 aromatic rings. The highest BCUT2D eigenvalue weighted by Crippen LogP contribution is 2.42. The fourth-order valence-corrected chi connectivity index (χ4v) is 3.65. The molecule has 1 atom stereocenters. The molecular formula is C25H36O. The molecule has 0 bridgehead atoms.